The van der Waals surface area contributed by atoms with E-state index < -0.39 is 0 Å². The smallest absolute Gasteiger partial charge is 0.404 e. The number of hydrogen-bond donors (Lipinski definition) is 0. The van der Waals surface area contributed by atoms with Gasteiger partial charge in [-0.15, -0.1) is 0 Å². The van der Waals surface area contributed by atoms with E-state index in [1.807, 2.05) is 0 Å². The van der Waals surface area contributed by atoms with Gasteiger partial charge in [0.25, 0.3) is 0 Å². The molecule has 3 fully saturated rings. The van der Waals surface area contributed by atoms with E-state index in [0.717, 1.165) is 4.33 Å². The van der Waals surface area contributed by atoms with Crippen LogP contribution in [0.3, 0.4) is 0 Å². The molecule has 1 aromatic carbocycles. The van der Waals surface area contributed by atoms with Crippen molar-refractivity contribution in [3.63, 3.8) is 0 Å². The summed E-state index contributed by atoms with van der Waals surface area (Å²) in [4.78, 5) is 0. The Labute approximate surface area is 141 Å². The third-order valence-electron chi connectivity index (χ3n) is 6.83. The molecule has 1 saturated heterocycles. The van der Waals surface area contributed by atoms with Crippen LogP contribution in [0.2, 0.25) is 0 Å². The second kappa shape index (κ2) is 4.48. The van der Waals surface area contributed by atoms with Gasteiger partial charge in [0.2, 0.25) is 0 Å². The highest BCUT2D eigenvalue weighted by atomic mass is 127. The van der Waals surface area contributed by atoms with Crippen LogP contribution < -0.4 is 0 Å². The van der Waals surface area contributed by atoms with Crippen molar-refractivity contribution in [2.75, 3.05) is 4.33 Å². The lowest BCUT2D eigenvalue weighted by atomic mass is 9.61. The molecule has 0 aromatic heterocycles. The van der Waals surface area contributed by atoms with Gasteiger partial charge in [0.1, 0.15) is 5.60 Å². The van der Waals surface area contributed by atoms with Crippen LogP contribution in [0, 0.1) is 16.7 Å². The lowest BCUT2D eigenvalue weighted by molar-refractivity contribution is -0.0803. The molecule has 2 bridgehead atoms. The standard InChI is InChI=1S/C17H22BIO2/c1-15(2)13-9-10-16(15,3)17(12-7-5-4-6-8-12)14(13)20-18(11-19)21-17/h4-8,13-14H,9-11H2,1-3H3. The minimum Gasteiger partial charge on any atom is -0.404 e. The molecule has 0 spiro atoms. The van der Waals surface area contributed by atoms with Gasteiger partial charge in [-0.05, 0) is 29.7 Å². The average molecular weight is 396 g/mol. The number of rotatable bonds is 2. The number of hydrogen-bond acceptors (Lipinski definition) is 2. The van der Waals surface area contributed by atoms with E-state index in [9.17, 15) is 0 Å². The van der Waals surface area contributed by atoms with Gasteiger partial charge < -0.3 is 9.31 Å². The van der Waals surface area contributed by atoms with Crippen molar-refractivity contribution in [1.29, 1.82) is 0 Å². The lowest BCUT2D eigenvalue weighted by Crippen LogP contribution is -2.50. The van der Waals surface area contributed by atoms with Crippen LogP contribution in [0.15, 0.2) is 30.3 Å². The Morgan fingerprint density at radius 1 is 1.24 bits per heavy atom. The van der Waals surface area contributed by atoms with Crippen LogP contribution in [0.4, 0.5) is 0 Å². The summed E-state index contributed by atoms with van der Waals surface area (Å²) in [5.41, 5.74) is 1.43. The lowest BCUT2D eigenvalue weighted by Gasteiger charge is -2.48. The fourth-order valence-electron chi connectivity index (χ4n) is 5.42. The third kappa shape index (κ3) is 1.52. The normalized spacial score (nSPS) is 43.3. The molecule has 1 aliphatic heterocycles. The topological polar surface area (TPSA) is 18.5 Å². The Bertz CT molecular complexity index is 563. The maximum Gasteiger partial charge on any atom is 0.468 e. The summed E-state index contributed by atoms with van der Waals surface area (Å²) in [6.45, 7) is 7.26. The summed E-state index contributed by atoms with van der Waals surface area (Å²) in [5, 5.41) is 0. The fourth-order valence-corrected chi connectivity index (χ4v) is 5.81. The van der Waals surface area contributed by atoms with E-state index in [1.54, 1.807) is 0 Å². The summed E-state index contributed by atoms with van der Waals surface area (Å²) in [5.74, 6) is 0.593. The van der Waals surface area contributed by atoms with E-state index in [-0.39, 0.29) is 29.7 Å². The van der Waals surface area contributed by atoms with Gasteiger partial charge in [-0.1, -0.05) is 73.7 Å². The zero-order valence-electron chi connectivity index (χ0n) is 12.9. The SMILES string of the molecule is CC1(C)C2CCC1(C)C1(c3ccccc3)OB(CI)OC21. The van der Waals surface area contributed by atoms with Crippen molar-refractivity contribution in [3.8, 4) is 0 Å². The van der Waals surface area contributed by atoms with Crippen LogP contribution in [-0.4, -0.2) is 17.5 Å². The molecule has 4 heteroatoms. The van der Waals surface area contributed by atoms with Crippen LogP contribution in [0.1, 0.15) is 39.2 Å². The van der Waals surface area contributed by atoms with Gasteiger partial charge in [-0.3, -0.25) is 0 Å². The van der Waals surface area contributed by atoms with Crippen molar-refractivity contribution in [3.05, 3.63) is 35.9 Å². The maximum atomic E-state index is 6.65. The Balaban J connectivity index is 1.92. The molecule has 0 N–H and O–H groups in total. The largest absolute Gasteiger partial charge is 0.468 e. The Morgan fingerprint density at radius 2 is 1.95 bits per heavy atom. The number of benzene rings is 1. The van der Waals surface area contributed by atoms with Gasteiger partial charge in [-0.2, -0.15) is 0 Å². The second-order valence-electron chi connectivity index (χ2n) is 7.56. The molecule has 0 radical (unpaired) electrons. The van der Waals surface area contributed by atoms with E-state index in [2.05, 4.69) is 73.7 Å². The Morgan fingerprint density at radius 3 is 2.62 bits per heavy atom. The van der Waals surface area contributed by atoms with Crippen LogP contribution in [0.25, 0.3) is 0 Å². The van der Waals surface area contributed by atoms with Crippen molar-refractivity contribution < 1.29 is 9.31 Å². The highest BCUT2D eigenvalue weighted by Gasteiger charge is 2.78. The molecule has 1 heterocycles. The fraction of sp³-hybridized carbons (Fsp3) is 0.647. The molecule has 2 saturated carbocycles. The molecule has 0 amide bonds. The van der Waals surface area contributed by atoms with E-state index >= 15 is 0 Å². The molecule has 21 heavy (non-hydrogen) atoms. The van der Waals surface area contributed by atoms with Gasteiger partial charge in [0, 0.05) is 9.74 Å². The zero-order valence-corrected chi connectivity index (χ0v) is 15.1. The molecule has 4 unspecified atom stereocenters. The summed E-state index contributed by atoms with van der Waals surface area (Å²) in [6, 6.07) is 10.8. The summed E-state index contributed by atoms with van der Waals surface area (Å²) in [7, 11) is -0.0631. The number of halogens is 1. The van der Waals surface area contributed by atoms with Crippen LogP contribution in [-0.2, 0) is 14.9 Å². The number of fused-ring (bicyclic) bond motifs is 5. The van der Waals surface area contributed by atoms with Gasteiger partial charge in [0.15, 0.2) is 0 Å². The summed E-state index contributed by atoms with van der Waals surface area (Å²) >= 11 is 2.37. The van der Waals surface area contributed by atoms with E-state index in [4.69, 9.17) is 9.31 Å². The molecule has 4 atom stereocenters. The molecular formula is C17H22BIO2. The molecule has 2 nitrogen and oxygen atoms in total. The monoisotopic (exact) mass is 396 g/mol. The van der Waals surface area contributed by atoms with Crippen molar-refractivity contribution in [2.45, 2.75) is 45.3 Å². The van der Waals surface area contributed by atoms with Crippen LogP contribution >= 0.6 is 22.6 Å². The van der Waals surface area contributed by atoms with E-state index in [0.29, 0.717) is 5.92 Å². The minimum absolute atomic E-state index is 0.0631. The third-order valence-corrected chi connectivity index (χ3v) is 7.55. The predicted molar refractivity (Wildman–Crippen MR) is 93.3 cm³/mol. The predicted octanol–water partition coefficient (Wildman–Crippen LogP) is 4.22. The van der Waals surface area contributed by atoms with Crippen LogP contribution in [0.5, 0.6) is 0 Å². The first-order valence-electron chi connectivity index (χ1n) is 7.92. The Hall–Kier alpha value is -0.0651. The first kappa shape index (κ1) is 14.5. The minimum atomic E-state index is -0.267. The van der Waals surface area contributed by atoms with Crippen molar-refractivity contribution >= 4 is 29.7 Å². The van der Waals surface area contributed by atoms with Crippen molar-refractivity contribution in [2.24, 2.45) is 16.7 Å². The first-order valence-corrected chi connectivity index (χ1v) is 9.45. The first-order chi connectivity index (χ1) is 9.97. The van der Waals surface area contributed by atoms with Gasteiger partial charge in [-0.25, -0.2) is 0 Å². The summed E-state index contributed by atoms with van der Waals surface area (Å²) < 4.78 is 13.9. The molecule has 3 aliphatic rings. The molecule has 2 aliphatic carbocycles. The maximum absolute atomic E-state index is 6.65. The van der Waals surface area contributed by atoms with Gasteiger partial charge in [0.05, 0.1) is 6.10 Å². The van der Waals surface area contributed by atoms with E-state index in [1.165, 1.54) is 18.4 Å². The average Bonchev–Trinajstić information content (AvgIpc) is 3.03. The molecule has 1 aromatic rings. The number of alkyl halides is 1. The highest BCUT2D eigenvalue weighted by molar-refractivity contribution is 14.1. The van der Waals surface area contributed by atoms with Gasteiger partial charge >= 0.3 is 7.12 Å². The molecule has 4 rings (SSSR count). The Kier molecular flexibility index (Phi) is 3.10. The highest BCUT2D eigenvalue weighted by Crippen LogP contribution is 2.76. The summed E-state index contributed by atoms with van der Waals surface area (Å²) in [6.07, 6.45) is 2.70. The molecular weight excluding hydrogens is 374 g/mol. The quantitative estimate of drug-likeness (QED) is 0.424. The van der Waals surface area contributed by atoms with Crippen molar-refractivity contribution in [1.82, 2.24) is 0 Å². The second-order valence-corrected chi connectivity index (χ2v) is 8.44. The zero-order chi connectivity index (χ0) is 14.9. The molecule has 112 valence electrons.